The molecule has 3 nitrogen and oxygen atoms in total. The van der Waals surface area contributed by atoms with Crippen molar-refractivity contribution in [3.63, 3.8) is 0 Å². The van der Waals surface area contributed by atoms with Crippen molar-refractivity contribution in [2.24, 2.45) is 11.7 Å². The van der Waals surface area contributed by atoms with Gasteiger partial charge in [0.15, 0.2) is 11.5 Å². The highest BCUT2D eigenvalue weighted by molar-refractivity contribution is 9.10. The van der Waals surface area contributed by atoms with Crippen LogP contribution in [0.3, 0.4) is 0 Å². The molecule has 3 N–H and O–H groups in total. The second-order valence-corrected chi connectivity index (χ2v) is 4.97. The van der Waals surface area contributed by atoms with Gasteiger partial charge in [-0.05, 0) is 65.4 Å². The van der Waals surface area contributed by atoms with Gasteiger partial charge in [0.1, 0.15) is 0 Å². The first-order valence-corrected chi connectivity index (χ1v) is 6.32. The Hall–Kier alpha value is -0.740. The van der Waals surface area contributed by atoms with Gasteiger partial charge >= 0.3 is 0 Å². The fourth-order valence-corrected chi connectivity index (χ4v) is 2.45. The first-order chi connectivity index (χ1) is 7.67. The summed E-state index contributed by atoms with van der Waals surface area (Å²) in [7, 11) is 0. The van der Waals surface area contributed by atoms with E-state index in [2.05, 4.69) is 15.9 Å². The van der Waals surface area contributed by atoms with Crippen LogP contribution in [-0.2, 0) is 0 Å². The summed E-state index contributed by atoms with van der Waals surface area (Å²) in [4.78, 5) is 0. The molecule has 1 aromatic rings. The highest BCUT2D eigenvalue weighted by atomic mass is 79.9. The van der Waals surface area contributed by atoms with Crippen LogP contribution in [0.2, 0.25) is 0 Å². The second-order valence-electron chi connectivity index (χ2n) is 4.12. The maximum atomic E-state index is 9.78. The van der Waals surface area contributed by atoms with Crippen molar-refractivity contribution in [1.29, 1.82) is 0 Å². The van der Waals surface area contributed by atoms with E-state index in [0.717, 1.165) is 13.0 Å². The van der Waals surface area contributed by atoms with Crippen LogP contribution in [0.4, 0.5) is 0 Å². The lowest BCUT2D eigenvalue weighted by Crippen LogP contribution is -2.02. The predicted octanol–water partition coefficient (Wildman–Crippen LogP) is 2.62. The Morgan fingerprint density at radius 1 is 1.56 bits per heavy atom. The number of hydrogen-bond donors (Lipinski definition) is 2. The van der Waals surface area contributed by atoms with Gasteiger partial charge in [0.2, 0.25) is 0 Å². The number of ether oxygens (including phenoxy) is 1. The Kier molecular flexibility index (Phi) is 3.40. The molecule has 2 atom stereocenters. The van der Waals surface area contributed by atoms with Crippen molar-refractivity contribution in [3.05, 3.63) is 22.2 Å². The molecule has 2 rings (SSSR count). The lowest BCUT2D eigenvalue weighted by atomic mass is 10.1. The zero-order valence-corrected chi connectivity index (χ0v) is 10.8. The minimum atomic E-state index is 0.176. The van der Waals surface area contributed by atoms with Crippen molar-refractivity contribution >= 4 is 15.9 Å². The highest BCUT2D eigenvalue weighted by Gasteiger charge is 2.37. The fourth-order valence-electron chi connectivity index (χ4n) is 1.99. The van der Waals surface area contributed by atoms with E-state index in [1.54, 1.807) is 0 Å². The third-order valence-corrected chi connectivity index (χ3v) is 3.61. The monoisotopic (exact) mass is 285 g/mol. The van der Waals surface area contributed by atoms with Crippen molar-refractivity contribution in [1.82, 2.24) is 0 Å². The average molecular weight is 286 g/mol. The molecule has 1 aromatic carbocycles. The molecule has 0 spiro atoms. The van der Waals surface area contributed by atoms with Crippen LogP contribution in [0, 0.1) is 5.92 Å². The molecular weight excluding hydrogens is 270 g/mol. The molecule has 0 amide bonds. The molecule has 0 bridgehead atoms. The van der Waals surface area contributed by atoms with E-state index in [0.29, 0.717) is 28.7 Å². The SMILES string of the molecule is CCOc1cc(C2CC2CN)cc(Br)c1O. The quantitative estimate of drug-likeness (QED) is 0.894. The lowest BCUT2D eigenvalue weighted by Gasteiger charge is -2.10. The largest absolute Gasteiger partial charge is 0.503 e. The Bertz CT molecular complexity index is 395. The minimum absolute atomic E-state index is 0.176. The zero-order valence-electron chi connectivity index (χ0n) is 9.24. The molecule has 0 radical (unpaired) electrons. The van der Waals surface area contributed by atoms with Crippen molar-refractivity contribution in [2.75, 3.05) is 13.2 Å². The van der Waals surface area contributed by atoms with E-state index in [4.69, 9.17) is 10.5 Å². The Morgan fingerprint density at radius 3 is 2.88 bits per heavy atom. The smallest absolute Gasteiger partial charge is 0.172 e. The third kappa shape index (κ3) is 2.18. The Labute approximate surface area is 104 Å². The molecule has 16 heavy (non-hydrogen) atoms. The highest BCUT2D eigenvalue weighted by Crippen LogP contribution is 2.49. The van der Waals surface area contributed by atoms with Crippen LogP contribution in [0.25, 0.3) is 0 Å². The number of phenolic OH excluding ortho intramolecular Hbond substituents is 1. The molecule has 4 heteroatoms. The topological polar surface area (TPSA) is 55.5 Å². The van der Waals surface area contributed by atoms with E-state index < -0.39 is 0 Å². The Morgan fingerprint density at radius 2 is 2.31 bits per heavy atom. The number of halogens is 1. The standard InChI is InChI=1S/C12H16BrNO2/c1-2-16-11-5-7(4-10(13)12(11)15)9-3-8(9)6-14/h4-5,8-9,15H,2-3,6,14H2,1H3. The minimum Gasteiger partial charge on any atom is -0.503 e. The molecule has 0 heterocycles. The molecule has 0 saturated heterocycles. The molecule has 2 unspecified atom stereocenters. The molecule has 1 aliphatic carbocycles. The first kappa shape index (κ1) is 11.7. The van der Waals surface area contributed by atoms with Gasteiger partial charge in [0.25, 0.3) is 0 Å². The van der Waals surface area contributed by atoms with Crippen molar-refractivity contribution in [2.45, 2.75) is 19.3 Å². The van der Waals surface area contributed by atoms with Crippen LogP contribution in [0.1, 0.15) is 24.8 Å². The summed E-state index contributed by atoms with van der Waals surface area (Å²) in [6.07, 6.45) is 1.14. The van der Waals surface area contributed by atoms with Gasteiger partial charge < -0.3 is 15.6 Å². The maximum absolute atomic E-state index is 9.78. The van der Waals surface area contributed by atoms with Gasteiger partial charge in [-0.1, -0.05) is 0 Å². The van der Waals surface area contributed by atoms with Gasteiger partial charge in [0, 0.05) is 0 Å². The molecular formula is C12H16BrNO2. The van der Waals surface area contributed by atoms with E-state index >= 15 is 0 Å². The maximum Gasteiger partial charge on any atom is 0.172 e. The summed E-state index contributed by atoms with van der Waals surface area (Å²) in [6.45, 7) is 3.18. The lowest BCUT2D eigenvalue weighted by molar-refractivity contribution is 0.317. The van der Waals surface area contributed by atoms with E-state index in [1.165, 1.54) is 5.56 Å². The van der Waals surface area contributed by atoms with E-state index in [-0.39, 0.29) is 5.75 Å². The molecule has 0 aliphatic heterocycles. The number of hydrogen-bond acceptors (Lipinski definition) is 3. The van der Waals surface area contributed by atoms with E-state index in [9.17, 15) is 5.11 Å². The molecule has 1 fully saturated rings. The Balaban J connectivity index is 2.27. The molecule has 88 valence electrons. The normalized spacial score (nSPS) is 23.2. The summed E-state index contributed by atoms with van der Waals surface area (Å²) in [5.74, 6) is 1.84. The fraction of sp³-hybridized carbons (Fsp3) is 0.500. The molecule has 0 aromatic heterocycles. The van der Waals surface area contributed by atoms with Gasteiger partial charge in [-0.3, -0.25) is 0 Å². The van der Waals surface area contributed by atoms with Crippen LogP contribution in [0.15, 0.2) is 16.6 Å². The summed E-state index contributed by atoms with van der Waals surface area (Å²) in [5.41, 5.74) is 6.83. The van der Waals surface area contributed by atoms with E-state index in [1.807, 2.05) is 19.1 Å². The third-order valence-electron chi connectivity index (χ3n) is 3.00. The number of phenols is 1. The van der Waals surface area contributed by atoms with Gasteiger partial charge in [-0.25, -0.2) is 0 Å². The summed E-state index contributed by atoms with van der Waals surface area (Å²) in [5, 5.41) is 9.78. The number of nitrogens with two attached hydrogens (primary N) is 1. The number of aromatic hydroxyl groups is 1. The number of rotatable bonds is 4. The van der Waals surface area contributed by atoms with Crippen molar-refractivity contribution < 1.29 is 9.84 Å². The van der Waals surface area contributed by atoms with Gasteiger partial charge in [-0.15, -0.1) is 0 Å². The van der Waals surface area contributed by atoms with Gasteiger partial charge in [0.05, 0.1) is 11.1 Å². The second kappa shape index (κ2) is 4.63. The summed E-state index contributed by atoms with van der Waals surface area (Å²) >= 11 is 3.34. The molecule has 1 aliphatic rings. The van der Waals surface area contributed by atoms with Crippen LogP contribution < -0.4 is 10.5 Å². The number of benzene rings is 1. The first-order valence-electron chi connectivity index (χ1n) is 5.52. The van der Waals surface area contributed by atoms with Crippen LogP contribution in [-0.4, -0.2) is 18.3 Å². The van der Waals surface area contributed by atoms with Crippen LogP contribution >= 0.6 is 15.9 Å². The summed E-state index contributed by atoms with van der Waals surface area (Å²) in [6, 6.07) is 3.88. The van der Waals surface area contributed by atoms with Gasteiger partial charge in [-0.2, -0.15) is 0 Å². The van der Waals surface area contributed by atoms with Crippen molar-refractivity contribution in [3.8, 4) is 11.5 Å². The zero-order chi connectivity index (χ0) is 11.7. The summed E-state index contributed by atoms with van der Waals surface area (Å²) < 4.78 is 6.08. The van der Waals surface area contributed by atoms with Crippen LogP contribution in [0.5, 0.6) is 11.5 Å². The predicted molar refractivity (Wildman–Crippen MR) is 66.9 cm³/mol. The molecule has 1 saturated carbocycles. The average Bonchev–Trinajstić information content (AvgIpc) is 3.04.